The molecule has 0 saturated carbocycles. The fourth-order valence-electron chi connectivity index (χ4n) is 2.19. The lowest BCUT2D eigenvalue weighted by Gasteiger charge is -2.05. The van der Waals surface area contributed by atoms with Crippen LogP contribution in [0.3, 0.4) is 0 Å². The summed E-state index contributed by atoms with van der Waals surface area (Å²) < 4.78 is 52.8. The number of benzene rings is 2. The molecule has 0 spiro atoms. The minimum atomic E-state index is -3.69. The van der Waals surface area contributed by atoms with Gasteiger partial charge in [0.05, 0.1) is 10.6 Å². The van der Waals surface area contributed by atoms with Crippen LogP contribution in [0.4, 0.5) is 8.78 Å². The average molecular weight is 380 g/mol. The molecule has 3 aromatic rings. The van der Waals surface area contributed by atoms with Gasteiger partial charge in [0, 0.05) is 23.9 Å². The zero-order chi connectivity index (χ0) is 17.9. The van der Waals surface area contributed by atoms with Crippen LogP contribution in [-0.2, 0) is 16.4 Å². The molecule has 130 valence electrons. The van der Waals surface area contributed by atoms with E-state index in [-0.39, 0.29) is 17.3 Å². The smallest absolute Gasteiger partial charge is 0.240 e. The van der Waals surface area contributed by atoms with Crippen LogP contribution >= 0.6 is 11.3 Å². The fraction of sp³-hybridized carbons (Fsp3) is 0.118. The van der Waals surface area contributed by atoms with Crippen LogP contribution in [0.25, 0.3) is 10.6 Å². The number of nitrogens with one attached hydrogen (secondary N) is 1. The third kappa shape index (κ3) is 4.47. The molecule has 0 fully saturated rings. The summed E-state index contributed by atoms with van der Waals surface area (Å²) in [5.74, 6) is -0.826. The summed E-state index contributed by atoms with van der Waals surface area (Å²) >= 11 is 1.37. The van der Waals surface area contributed by atoms with E-state index in [1.807, 2.05) is 5.38 Å². The number of hydrogen-bond donors (Lipinski definition) is 1. The van der Waals surface area contributed by atoms with Crippen molar-refractivity contribution in [2.45, 2.75) is 11.3 Å². The molecule has 1 aromatic heterocycles. The van der Waals surface area contributed by atoms with Crippen LogP contribution in [0.15, 0.2) is 58.8 Å². The summed E-state index contributed by atoms with van der Waals surface area (Å²) in [6, 6.07) is 10.8. The van der Waals surface area contributed by atoms with Crippen LogP contribution in [0.1, 0.15) is 5.69 Å². The Morgan fingerprint density at radius 2 is 1.80 bits per heavy atom. The van der Waals surface area contributed by atoms with Crippen molar-refractivity contribution < 1.29 is 17.2 Å². The maximum absolute atomic E-state index is 13.3. The fourth-order valence-corrected chi connectivity index (χ4v) is 4.07. The first-order chi connectivity index (χ1) is 11.9. The maximum Gasteiger partial charge on any atom is 0.240 e. The Bertz CT molecular complexity index is 970. The van der Waals surface area contributed by atoms with E-state index in [1.165, 1.54) is 35.6 Å². The lowest BCUT2D eigenvalue weighted by molar-refractivity contribution is 0.580. The molecule has 0 radical (unpaired) electrons. The van der Waals surface area contributed by atoms with Crippen molar-refractivity contribution >= 4 is 21.4 Å². The van der Waals surface area contributed by atoms with E-state index in [0.29, 0.717) is 22.7 Å². The van der Waals surface area contributed by atoms with Gasteiger partial charge in [-0.15, -0.1) is 11.3 Å². The van der Waals surface area contributed by atoms with Crippen molar-refractivity contribution in [3.8, 4) is 10.6 Å². The predicted molar refractivity (Wildman–Crippen MR) is 92.8 cm³/mol. The van der Waals surface area contributed by atoms with Gasteiger partial charge in [-0.1, -0.05) is 12.1 Å². The molecule has 8 heteroatoms. The third-order valence-electron chi connectivity index (χ3n) is 3.42. The summed E-state index contributed by atoms with van der Waals surface area (Å²) in [7, 11) is -3.69. The molecule has 0 atom stereocenters. The van der Waals surface area contributed by atoms with E-state index in [9.17, 15) is 17.2 Å². The minimum Gasteiger partial charge on any atom is -0.241 e. The first-order valence-corrected chi connectivity index (χ1v) is 9.76. The van der Waals surface area contributed by atoms with E-state index < -0.39 is 15.8 Å². The molecule has 0 aliphatic heterocycles. The van der Waals surface area contributed by atoms with Gasteiger partial charge in [0.15, 0.2) is 0 Å². The maximum atomic E-state index is 13.3. The average Bonchev–Trinajstić information content (AvgIpc) is 3.04. The lowest BCUT2D eigenvalue weighted by atomic mass is 10.2. The van der Waals surface area contributed by atoms with E-state index in [0.717, 1.165) is 12.1 Å². The Morgan fingerprint density at radius 3 is 2.52 bits per heavy atom. The summed E-state index contributed by atoms with van der Waals surface area (Å²) in [6.45, 7) is 0.159. The second-order valence-corrected chi connectivity index (χ2v) is 7.88. The molecule has 2 aromatic carbocycles. The Hall–Kier alpha value is -2.16. The summed E-state index contributed by atoms with van der Waals surface area (Å²) in [4.78, 5) is 4.40. The van der Waals surface area contributed by atoms with E-state index in [2.05, 4.69) is 9.71 Å². The van der Waals surface area contributed by atoms with E-state index in [1.54, 1.807) is 12.1 Å². The van der Waals surface area contributed by atoms with Crippen LogP contribution in [0.5, 0.6) is 0 Å². The zero-order valence-corrected chi connectivity index (χ0v) is 14.6. The molecule has 1 heterocycles. The first-order valence-electron chi connectivity index (χ1n) is 7.40. The SMILES string of the molecule is O=S(=O)(NCCc1csc(-c2cccc(F)c2)n1)c1ccc(F)cc1. The summed E-state index contributed by atoms with van der Waals surface area (Å²) in [5.41, 5.74) is 1.40. The molecule has 0 saturated heterocycles. The van der Waals surface area contributed by atoms with Gasteiger partial charge in [-0.05, 0) is 36.4 Å². The number of nitrogens with zero attached hydrogens (tertiary/aromatic N) is 1. The number of thiazole rings is 1. The minimum absolute atomic E-state index is 0.00706. The molecule has 0 aliphatic rings. The largest absolute Gasteiger partial charge is 0.241 e. The van der Waals surface area contributed by atoms with Crippen molar-refractivity contribution in [1.29, 1.82) is 0 Å². The monoisotopic (exact) mass is 380 g/mol. The Kier molecular flexibility index (Phi) is 5.22. The van der Waals surface area contributed by atoms with Crippen molar-refractivity contribution in [3.63, 3.8) is 0 Å². The van der Waals surface area contributed by atoms with Gasteiger partial charge in [0.1, 0.15) is 16.6 Å². The predicted octanol–water partition coefficient (Wildman–Crippen LogP) is 3.61. The molecule has 0 amide bonds. The van der Waals surface area contributed by atoms with Gasteiger partial charge < -0.3 is 0 Å². The van der Waals surface area contributed by atoms with E-state index in [4.69, 9.17) is 0 Å². The van der Waals surface area contributed by atoms with Gasteiger partial charge in [-0.3, -0.25) is 0 Å². The number of aromatic nitrogens is 1. The highest BCUT2D eigenvalue weighted by Gasteiger charge is 2.14. The Balaban J connectivity index is 1.62. The van der Waals surface area contributed by atoms with Crippen molar-refractivity contribution in [3.05, 3.63) is 71.2 Å². The number of sulfonamides is 1. The molecule has 4 nitrogen and oxygen atoms in total. The first kappa shape index (κ1) is 17.7. The quantitative estimate of drug-likeness (QED) is 0.711. The summed E-state index contributed by atoms with van der Waals surface area (Å²) in [6.07, 6.45) is 0.395. The van der Waals surface area contributed by atoms with E-state index >= 15 is 0 Å². The van der Waals surface area contributed by atoms with Gasteiger partial charge in [-0.25, -0.2) is 26.9 Å². The van der Waals surface area contributed by atoms with Crippen LogP contribution in [-0.4, -0.2) is 19.9 Å². The molecular weight excluding hydrogens is 366 g/mol. The van der Waals surface area contributed by atoms with Crippen LogP contribution in [0.2, 0.25) is 0 Å². The van der Waals surface area contributed by atoms with Gasteiger partial charge in [0.25, 0.3) is 0 Å². The molecule has 0 unspecified atom stereocenters. The van der Waals surface area contributed by atoms with Crippen LogP contribution in [0, 0.1) is 11.6 Å². The number of rotatable bonds is 6. The van der Waals surface area contributed by atoms with Gasteiger partial charge in [0.2, 0.25) is 10.0 Å². The summed E-state index contributed by atoms with van der Waals surface area (Å²) in [5, 5.41) is 2.49. The molecular formula is C17H14F2N2O2S2. The van der Waals surface area contributed by atoms with Gasteiger partial charge in [-0.2, -0.15) is 0 Å². The number of halogens is 2. The normalized spacial score (nSPS) is 11.6. The van der Waals surface area contributed by atoms with Crippen molar-refractivity contribution in [2.75, 3.05) is 6.54 Å². The van der Waals surface area contributed by atoms with Crippen molar-refractivity contribution in [1.82, 2.24) is 9.71 Å². The third-order valence-corrected chi connectivity index (χ3v) is 5.84. The highest BCUT2D eigenvalue weighted by atomic mass is 32.2. The topological polar surface area (TPSA) is 59.1 Å². The standard InChI is InChI=1S/C17H14F2N2O2S2/c18-13-4-6-16(7-5-13)25(22,23)20-9-8-15-11-24-17(21-15)12-2-1-3-14(19)10-12/h1-7,10-11,20H,8-9H2. The molecule has 3 rings (SSSR count). The second kappa shape index (κ2) is 7.38. The molecule has 25 heavy (non-hydrogen) atoms. The Morgan fingerprint density at radius 1 is 1.04 bits per heavy atom. The lowest BCUT2D eigenvalue weighted by Crippen LogP contribution is -2.26. The van der Waals surface area contributed by atoms with Crippen LogP contribution < -0.4 is 4.72 Å². The molecule has 0 bridgehead atoms. The molecule has 0 aliphatic carbocycles. The van der Waals surface area contributed by atoms with Crippen molar-refractivity contribution in [2.24, 2.45) is 0 Å². The highest BCUT2D eigenvalue weighted by Crippen LogP contribution is 2.24. The second-order valence-electron chi connectivity index (χ2n) is 5.26. The Labute approximate surface area is 148 Å². The zero-order valence-electron chi connectivity index (χ0n) is 12.9. The molecule has 1 N–H and O–H groups in total. The van der Waals surface area contributed by atoms with Gasteiger partial charge >= 0.3 is 0 Å². The highest BCUT2D eigenvalue weighted by molar-refractivity contribution is 7.89. The number of hydrogen-bond acceptors (Lipinski definition) is 4.